The van der Waals surface area contributed by atoms with Gasteiger partial charge in [0.1, 0.15) is 0 Å². The molecule has 0 amide bonds. The molecule has 18 heavy (non-hydrogen) atoms. The lowest BCUT2D eigenvalue weighted by Gasteiger charge is -2.03. The van der Waals surface area contributed by atoms with E-state index in [1.165, 1.54) is 16.7 Å². The molecule has 0 spiro atoms. The van der Waals surface area contributed by atoms with E-state index in [0.717, 1.165) is 11.0 Å². The average Bonchev–Trinajstić information content (AvgIpc) is 2.97. The Labute approximate surface area is 104 Å². The highest BCUT2D eigenvalue weighted by Crippen LogP contribution is 2.25. The minimum Gasteiger partial charge on any atom is -0.349 e. The third-order valence-electron chi connectivity index (χ3n) is 3.02. The van der Waals surface area contributed by atoms with Crippen molar-refractivity contribution in [1.29, 1.82) is 0 Å². The van der Waals surface area contributed by atoms with Crippen LogP contribution in [0, 0.1) is 0 Å². The van der Waals surface area contributed by atoms with Gasteiger partial charge in [-0.05, 0) is 28.8 Å². The van der Waals surface area contributed by atoms with Crippen LogP contribution >= 0.6 is 0 Å². The number of aromatic nitrogens is 6. The quantitative estimate of drug-likeness (QED) is 0.685. The molecule has 3 aromatic heterocycles. The first-order valence-corrected chi connectivity index (χ1v) is 5.86. The van der Waals surface area contributed by atoms with E-state index in [-0.39, 0.29) is 0 Å². The van der Waals surface area contributed by atoms with E-state index < -0.39 is 0 Å². The van der Waals surface area contributed by atoms with E-state index in [9.17, 15) is 0 Å². The Balaban J connectivity index is 2.25. The fraction of sp³-hybridized carbons (Fsp3) is 0.333. The van der Waals surface area contributed by atoms with Crippen molar-refractivity contribution in [3.8, 4) is 5.82 Å². The van der Waals surface area contributed by atoms with Crippen molar-refractivity contribution in [3.05, 3.63) is 30.2 Å². The molecule has 92 valence electrons. The minimum absolute atomic E-state index is 0.431. The van der Waals surface area contributed by atoms with Crippen LogP contribution in [0.5, 0.6) is 0 Å². The van der Waals surface area contributed by atoms with E-state index in [1.807, 2.05) is 19.2 Å². The van der Waals surface area contributed by atoms with Crippen molar-refractivity contribution in [2.45, 2.75) is 19.8 Å². The van der Waals surface area contributed by atoms with E-state index in [1.54, 1.807) is 0 Å². The first-order chi connectivity index (χ1) is 8.66. The SMILES string of the molecule is CC(C)c1cn(C)c2ccc(-n3ncnn3)nc12. The Morgan fingerprint density at radius 3 is 2.72 bits per heavy atom. The van der Waals surface area contributed by atoms with Crippen molar-refractivity contribution < 1.29 is 0 Å². The molecule has 0 unspecified atom stereocenters. The Morgan fingerprint density at radius 1 is 1.22 bits per heavy atom. The number of hydrogen-bond donors (Lipinski definition) is 0. The molecule has 0 saturated carbocycles. The molecule has 0 N–H and O–H groups in total. The molecule has 0 aliphatic carbocycles. The second kappa shape index (κ2) is 3.90. The fourth-order valence-corrected chi connectivity index (χ4v) is 2.08. The number of pyridine rings is 1. The molecule has 0 aliphatic heterocycles. The van der Waals surface area contributed by atoms with Gasteiger partial charge in [-0.25, -0.2) is 4.98 Å². The van der Waals surface area contributed by atoms with Crippen molar-refractivity contribution in [2.24, 2.45) is 7.05 Å². The summed E-state index contributed by atoms with van der Waals surface area (Å²) in [4.78, 5) is 6.06. The van der Waals surface area contributed by atoms with Crippen molar-refractivity contribution in [3.63, 3.8) is 0 Å². The highest BCUT2D eigenvalue weighted by molar-refractivity contribution is 5.81. The first kappa shape index (κ1) is 10.9. The van der Waals surface area contributed by atoms with Gasteiger partial charge in [0.15, 0.2) is 12.1 Å². The zero-order valence-electron chi connectivity index (χ0n) is 10.6. The topological polar surface area (TPSA) is 61.4 Å². The summed E-state index contributed by atoms with van der Waals surface area (Å²) in [7, 11) is 2.03. The second-order valence-corrected chi connectivity index (χ2v) is 4.61. The average molecular weight is 242 g/mol. The molecule has 3 heterocycles. The third-order valence-corrected chi connectivity index (χ3v) is 3.02. The van der Waals surface area contributed by atoms with Crippen LogP contribution in [0.4, 0.5) is 0 Å². The lowest BCUT2D eigenvalue weighted by Crippen LogP contribution is -2.02. The Bertz CT molecular complexity index is 680. The van der Waals surface area contributed by atoms with Crippen LogP contribution in [0.1, 0.15) is 25.3 Å². The van der Waals surface area contributed by atoms with E-state index in [0.29, 0.717) is 11.7 Å². The summed E-state index contributed by atoms with van der Waals surface area (Å²) >= 11 is 0. The molecular weight excluding hydrogens is 228 g/mol. The largest absolute Gasteiger partial charge is 0.349 e. The zero-order valence-corrected chi connectivity index (χ0v) is 10.6. The van der Waals surface area contributed by atoms with Gasteiger partial charge in [0.2, 0.25) is 0 Å². The van der Waals surface area contributed by atoms with Crippen molar-refractivity contribution in [1.82, 2.24) is 29.8 Å². The summed E-state index contributed by atoms with van der Waals surface area (Å²) in [6.45, 7) is 4.33. The molecule has 0 aromatic carbocycles. The smallest absolute Gasteiger partial charge is 0.176 e. The van der Waals surface area contributed by atoms with Crippen LogP contribution in [0.2, 0.25) is 0 Å². The lowest BCUT2D eigenvalue weighted by atomic mass is 10.1. The predicted molar refractivity (Wildman–Crippen MR) is 67.5 cm³/mol. The van der Waals surface area contributed by atoms with E-state index in [2.05, 4.69) is 45.0 Å². The molecule has 6 nitrogen and oxygen atoms in total. The Hall–Kier alpha value is -2.24. The van der Waals surface area contributed by atoms with Gasteiger partial charge in [-0.2, -0.15) is 0 Å². The Morgan fingerprint density at radius 2 is 2.06 bits per heavy atom. The number of hydrogen-bond acceptors (Lipinski definition) is 4. The van der Waals surface area contributed by atoms with E-state index in [4.69, 9.17) is 0 Å². The lowest BCUT2D eigenvalue weighted by molar-refractivity contribution is 0.702. The second-order valence-electron chi connectivity index (χ2n) is 4.61. The molecule has 0 radical (unpaired) electrons. The van der Waals surface area contributed by atoms with Gasteiger partial charge in [0.05, 0.1) is 11.0 Å². The van der Waals surface area contributed by atoms with Gasteiger partial charge in [-0.15, -0.1) is 15.0 Å². The van der Waals surface area contributed by atoms with Crippen molar-refractivity contribution in [2.75, 3.05) is 0 Å². The maximum Gasteiger partial charge on any atom is 0.176 e. The molecule has 0 saturated heterocycles. The molecule has 0 atom stereocenters. The number of fused-ring (bicyclic) bond motifs is 1. The van der Waals surface area contributed by atoms with Gasteiger partial charge < -0.3 is 4.57 Å². The highest BCUT2D eigenvalue weighted by atomic mass is 15.6. The number of tetrazole rings is 1. The predicted octanol–water partition coefficient (Wildman–Crippen LogP) is 1.67. The summed E-state index contributed by atoms with van der Waals surface area (Å²) in [5, 5.41) is 11.6. The maximum absolute atomic E-state index is 4.64. The van der Waals surface area contributed by atoms with Crippen LogP contribution in [0.25, 0.3) is 16.9 Å². The van der Waals surface area contributed by atoms with Crippen LogP contribution in [-0.2, 0) is 7.05 Å². The molecule has 0 fully saturated rings. The molecule has 0 bridgehead atoms. The highest BCUT2D eigenvalue weighted by Gasteiger charge is 2.12. The van der Waals surface area contributed by atoms with Gasteiger partial charge in [0.25, 0.3) is 0 Å². The Kier molecular flexibility index (Phi) is 2.36. The maximum atomic E-state index is 4.64. The van der Waals surface area contributed by atoms with Crippen LogP contribution in [0.3, 0.4) is 0 Å². The van der Waals surface area contributed by atoms with Gasteiger partial charge in [-0.3, -0.25) is 0 Å². The minimum atomic E-state index is 0.431. The number of nitrogens with zero attached hydrogens (tertiary/aromatic N) is 6. The molecule has 6 heteroatoms. The molecule has 3 aromatic rings. The standard InChI is InChI=1S/C12H14N6/c1-8(2)9-6-17(3)10-4-5-11(15-12(9)10)18-14-7-13-16-18/h4-8H,1-3H3. The third kappa shape index (κ3) is 1.57. The molecular formula is C12H14N6. The van der Waals surface area contributed by atoms with Gasteiger partial charge in [-0.1, -0.05) is 13.8 Å². The summed E-state index contributed by atoms with van der Waals surface area (Å²) in [6.07, 6.45) is 3.53. The summed E-state index contributed by atoms with van der Waals surface area (Å²) in [5.74, 6) is 1.12. The molecule has 3 rings (SSSR count). The van der Waals surface area contributed by atoms with Crippen molar-refractivity contribution >= 4 is 11.0 Å². The number of aryl methyl sites for hydroxylation is 1. The van der Waals surface area contributed by atoms with Crippen LogP contribution in [-0.4, -0.2) is 29.8 Å². The summed E-state index contributed by atoms with van der Waals surface area (Å²) in [6, 6.07) is 3.93. The van der Waals surface area contributed by atoms with Crippen LogP contribution < -0.4 is 0 Å². The number of rotatable bonds is 2. The normalized spacial score (nSPS) is 11.6. The fourth-order valence-electron chi connectivity index (χ4n) is 2.08. The first-order valence-electron chi connectivity index (χ1n) is 5.86. The van der Waals surface area contributed by atoms with Gasteiger partial charge >= 0.3 is 0 Å². The van der Waals surface area contributed by atoms with Gasteiger partial charge in [0, 0.05) is 13.2 Å². The summed E-state index contributed by atoms with van der Waals surface area (Å²) < 4.78 is 2.09. The summed E-state index contributed by atoms with van der Waals surface area (Å²) in [5.41, 5.74) is 3.35. The monoisotopic (exact) mass is 242 g/mol. The van der Waals surface area contributed by atoms with Crippen LogP contribution in [0.15, 0.2) is 24.7 Å². The zero-order chi connectivity index (χ0) is 12.7. The van der Waals surface area contributed by atoms with E-state index >= 15 is 0 Å². The molecule has 0 aliphatic rings.